The molecule has 0 aromatic rings. The van der Waals surface area contributed by atoms with E-state index < -0.39 is 0 Å². The molecule has 0 aliphatic carbocycles. The number of hydrogen-bond donors (Lipinski definition) is 0. The van der Waals surface area contributed by atoms with Gasteiger partial charge in [-0.15, -0.1) is 0 Å². The Labute approximate surface area is 104 Å². The zero-order chi connectivity index (χ0) is 13.3. The van der Waals surface area contributed by atoms with E-state index in [4.69, 9.17) is 9.47 Å². The molecule has 0 atom stereocenters. The third kappa shape index (κ3) is 5.71. The third-order valence-corrected chi connectivity index (χ3v) is 3.16. The minimum atomic E-state index is -0.240. The Bertz CT molecular complexity index is 222. The Morgan fingerprint density at radius 1 is 0.824 bits per heavy atom. The van der Waals surface area contributed by atoms with Gasteiger partial charge in [-0.1, -0.05) is 27.7 Å². The Balaban J connectivity index is 4.34. The Morgan fingerprint density at radius 2 is 1.18 bits per heavy atom. The predicted octanol–water partition coefficient (Wildman–Crippen LogP) is 2.70. The lowest BCUT2D eigenvalue weighted by Gasteiger charge is -2.30. The van der Waals surface area contributed by atoms with Crippen molar-refractivity contribution >= 4 is 11.9 Å². The maximum absolute atomic E-state index is 11.2. The SMILES string of the molecule is CCC(=O)OCC(CC)(CC)COC(=O)CC. The zero-order valence-electron chi connectivity index (χ0n) is 11.4. The van der Waals surface area contributed by atoms with Gasteiger partial charge in [0.05, 0.1) is 0 Å². The summed E-state index contributed by atoms with van der Waals surface area (Å²) >= 11 is 0. The van der Waals surface area contributed by atoms with Crippen LogP contribution in [0.3, 0.4) is 0 Å². The molecular weight excluding hydrogens is 220 g/mol. The first-order valence-electron chi connectivity index (χ1n) is 6.34. The molecule has 0 spiro atoms. The van der Waals surface area contributed by atoms with E-state index in [1.54, 1.807) is 13.8 Å². The minimum Gasteiger partial charge on any atom is -0.465 e. The van der Waals surface area contributed by atoms with Gasteiger partial charge in [0.25, 0.3) is 0 Å². The largest absolute Gasteiger partial charge is 0.465 e. The summed E-state index contributed by atoms with van der Waals surface area (Å²) in [7, 11) is 0. The zero-order valence-corrected chi connectivity index (χ0v) is 11.4. The first kappa shape index (κ1) is 15.9. The van der Waals surface area contributed by atoms with E-state index in [-0.39, 0.29) is 17.4 Å². The van der Waals surface area contributed by atoms with Crippen LogP contribution in [0, 0.1) is 5.41 Å². The van der Waals surface area contributed by atoms with Crippen molar-refractivity contribution in [1.29, 1.82) is 0 Å². The lowest BCUT2D eigenvalue weighted by Crippen LogP contribution is -2.33. The molecule has 0 unspecified atom stereocenters. The van der Waals surface area contributed by atoms with E-state index in [1.165, 1.54) is 0 Å². The summed E-state index contributed by atoms with van der Waals surface area (Å²) in [6.45, 7) is 8.21. The molecule has 100 valence electrons. The Hall–Kier alpha value is -1.06. The smallest absolute Gasteiger partial charge is 0.305 e. The highest BCUT2D eigenvalue weighted by molar-refractivity contribution is 5.69. The van der Waals surface area contributed by atoms with Crippen molar-refractivity contribution in [2.24, 2.45) is 5.41 Å². The van der Waals surface area contributed by atoms with E-state index >= 15 is 0 Å². The molecule has 0 aromatic heterocycles. The van der Waals surface area contributed by atoms with Crippen LogP contribution < -0.4 is 0 Å². The molecule has 0 aromatic carbocycles. The van der Waals surface area contributed by atoms with Gasteiger partial charge >= 0.3 is 11.9 Å². The van der Waals surface area contributed by atoms with E-state index in [2.05, 4.69) is 0 Å². The van der Waals surface area contributed by atoms with Crippen molar-refractivity contribution in [3.63, 3.8) is 0 Å². The summed E-state index contributed by atoms with van der Waals surface area (Å²) in [4.78, 5) is 22.3. The summed E-state index contributed by atoms with van der Waals surface area (Å²) in [5, 5.41) is 0. The monoisotopic (exact) mass is 244 g/mol. The van der Waals surface area contributed by atoms with Crippen molar-refractivity contribution in [3.8, 4) is 0 Å². The molecular formula is C13H24O4. The van der Waals surface area contributed by atoms with Gasteiger partial charge in [-0.3, -0.25) is 9.59 Å². The van der Waals surface area contributed by atoms with Crippen LogP contribution in [0.5, 0.6) is 0 Å². The quantitative estimate of drug-likeness (QED) is 0.616. The molecule has 0 saturated carbocycles. The lowest BCUT2D eigenvalue weighted by atomic mass is 9.84. The maximum atomic E-state index is 11.2. The van der Waals surface area contributed by atoms with Crippen molar-refractivity contribution < 1.29 is 19.1 Å². The molecule has 4 heteroatoms. The van der Waals surface area contributed by atoms with Gasteiger partial charge < -0.3 is 9.47 Å². The fourth-order valence-electron chi connectivity index (χ4n) is 1.37. The summed E-state index contributed by atoms with van der Waals surface area (Å²) in [6.07, 6.45) is 2.38. The molecule has 0 aliphatic rings. The first-order valence-corrected chi connectivity index (χ1v) is 6.34. The molecule has 0 N–H and O–H groups in total. The molecule has 0 saturated heterocycles. The summed E-state index contributed by atoms with van der Waals surface area (Å²) < 4.78 is 10.3. The lowest BCUT2D eigenvalue weighted by molar-refractivity contribution is -0.154. The van der Waals surface area contributed by atoms with E-state index in [0.29, 0.717) is 26.1 Å². The van der Waals surface area contributed by atoms with Crippen molar-refractivity contribution in [3.05, 3.63) is 0 Å². The molecule has 0 radical (unpaired) electrons. The van der Waals surface area contributed by atoms with Gasteiger partial charge in [-0.05, 0) is 12.8 Å². The van der Waals surface area contributed by atoms with Crippen LogP contribution in [0.1, 0.15) is 53.4 Å². The van der Waals surface area contributed by atoms with Crippen LogP contribution in [0.25, 0.3) is 0 Å². The highest BCUT2D eigenvalue weighted by Gasteiger charge is 2.29. The number of esters is 2. The van der Waals surface area contributed by atoms with Gasteiger partial charge in [0.2, 0.25) is 0 Å². The van der Waals surface area contributed by atoms with Crippen molar-refractivity contribution in [2.75, 3.05) is 13.2 Å². The van der Waals surface area contributed by atoms with Crippen LogP contribution in [-0.2, 0) is 19.1 Å². The van der Waals surface area contributed by atoms with Crippen LogP contribution in [0.2, 0.25) is 0 Å². The summed E-state index contributed by atoms with van der Waals surface area (Å²) in [5.74, 6) is -0.420. The highest BCUT2D eigenvalue weighted by Crippen LogP contribution is 2.27. The van der Waals surface area contributed by atoms with E-state index in [9.17, 15) is 9.59 Å². The molecule has 0 rings (SSSR count). The normalized spacial score (nSPS) is 11.1. The third-order valence-electron chi connectivity index (χ3n) is 3.16. The van der Waals surface area contributed by atoms with Gasteiger partial charge in [-0.2, -0.15) is 0 Å². The van der Waals surface area contributed by atoms with Gasteiger partial charge in [0.1, 0.15) is 13.2 Å². The number of rotatable bonds is 8. The Kier molecular flexibility index (Phi) is 7.59. The molecule has 0 aliphatic heterocycles. The standard InChI is InChI=1S/C13H24O4/c1-5-11(14)16-9-13(7-3,8-4)10-17-12(15)6-2/h5-10H2,1-4H3. The van der Waals surface area contributed by atoms with Crippen molar-refractivity contribution in [2.45, 2.75) is 53.4 Å². The van der Waals surface area contributed by atoms with Crippen LogP contribution in [-0.4, -0.2) is 25.2 Å². The average Bonchev–Trinajstić information content (AvgIpc) is 2.38. The molecule has 4 nitrogen and oxygen atoms in total. The van der Waals surface area contributed by atoms with Crippen LogP contribution >= 0.6 is 0 Å². The number of ether oxygens (including phenoxy) is 2. The fraction of sp³-hybridized carbons (Fsp3) is 0.846. The number of carbonyl (C=O) groups excluding carboxylic acids is 2. The van der Waals surface area contributed by atoms with Crippen molar-refractivity contribution in [1.82, 2.24) is 0 Å². The highest BCUT2D eigenvalue weighted by atomic mass is 16.5. The molecule has 0 bridgehead atoms. The first-order chi connectivity index (χ1) is 8.03. The van der Waals surface area contributed by atoms with E-state index in [0.717, 1.165) is 12.8 Å². The molecule has 0 heterocycles. The molecule has 17 heavy (non-hydrogen) atoms. The van der Waals surface area contributed by atoms with Gasteiger partial charge in [0.15, 0.2) is 0 Å². The van der Waals surface area contributed by atoms with Gasteiger partial charge in [-0.25, -0.2) is 0 Å². The molecule has 0 amide bonds. The number of carbonyl (C=O) groups is 2. The van der Waals surface area contributed by atoms with E-state index in [1.807, 2.05) is 13.8 Å². The van der Waals surface area contributed by atoms with Crippen LogP contribution in [0.15, 0.2) is 0 Å². The fourth-order valence-corrected chi connectivity index (χ4v) is 1.37. The second-order valence-electron chi connectivity index (χ2n) is 4.24. The minimum absolute atomic E-state index is 0.210. The topological polar surface area (TPSA) is 52.6 Å². The average molecular weight is 244 g/mol. The molecule has 0 fully saturated rings. The predicted molar refractivity (Wildman–Crippen MR) is 65.5 cm³/mol. The second kappa shape index (κ2) is 8.09. The van der Waals surface area contributed by atoms with Gasteiger partial charge in [0, 0.05) is 18.3 Å². The maximum Gasteiger partial charge on any atom is 0.305 e. The van der Waals surface area contributed by atoms with Crippen LogP contribution in [0.4, 0.5) is 0 Å². The summed E-state index contributed by atoms with van der Waals surface area (Å²) in [6, 6.07) is 0. The second-order valence-corrected chi connectivity index (χ2v) is 4.24. The number of hydrogen-bond acceptors (Lipinski definition) is 4. The Morgan fingerprint density at radius 3 is 1.41 bits per heavy atom. The summed E-state index contributed by atoms with van der Waals surface area (Å²) in [5.41, 5.74) is -0.240.